The number of alkyl halides is 3. The van der Waals surface area contributed by atoms with E-state index in [9.17, 15) is 8.78 Å². The van der Waals surface area contributed by atoms with Gasteiger partial charge in [0.05, 0.1) is 5.56 Å². The van der Waals surface area contributed by atoms with Crippen molar-refractivity contribution < 1.29 is 13.5 Å². The number of aromatic nitrogens is 4. The summed E-state index contributed by atoms with van der Waals surface area (Å²) in [5, 5.41) is 0. The maximum absolute atomic E-state index is 12.6. The smallest absolute Gasteiger partial charge is 0.388 e. The van der Waals surface area contributed by atoms with Crippen molar-refractivity contribution in [2.45, 2.75) is 12.5 Å². The Bertz CT molecular complexity index is 1130. The lowest BCUT2D eigenvalue weighted by atomic mass is 10.2. The fourth-order valence-electron chi connectivity index (χ4n) is 2.86. The predicted octanol–water partition coefficient (Wildman–Crippen LogP) is 4.40. The molecule has 9 heteroatoms. The van der Waals surface area contributed by atoms with Gasteiger partial charge in [0.2, 0.25) is 5.88 Å². The van der Waals surface area contributed by atoms with E-state index in [-0.39, 0.29) is 5.88 Å². The average Bonchev–Trinajstić information content (AvgIpc) is 3.06. The van der Waals surface area contributed by atoms with E-state index in [1.54, 1.807) is 29.0 Å². The first-order valence-electron chi connectivity index (χ1n) is 8.27. The number of hydrogen-bond acceptors (Lipinski definition) is 5. The molecule has 3 aromatic heterocycles. The third kappa shape index (κ3) is 3.34. The van der Waals surface area contributed by atoms with E-state index in [2.05, 4.69) is 19.7 Å². The lowest BCUT2D eigenvalue weighted by molar-refractivity contribution is -0.0526. The van der Waals surface area contributed by atoms with Crippen LogP contribution in [0.3, 0.4) is 0 Å². The number of halogens is 3. The van der Waals surface area contributed by atoms with Crippen molar-refractivity contribution in [1.82, 2.24) is 19.5 Å². The van der Waals surface area contributed by atoms with E-state index in [0.29, 0.717) is 34.2 Å². The van der Waals surface area contributed by atoms with Gasteiger partial charge in [-0.1, -0.05) is 12.1 Å². The second-order valence-corrected chi connectivity index (χ2v) is 6.15. The number of fused-ring (bicyclic) bond motifs is 1. The highest BCUT2D eigenvalue weighted by Crippen LogP contribution is 2.31. The van der Waals surface area contributed by atoms with Gasteiger partial charge in [0, 0.05) is 23.8 Å². The van der Waals surface area contributed by atoms with Crippen LogP contribution in [0.15, 0.2) is 54.7 Å². The highest BCUT2D eigenvalue weighted by atomic mass is 35.5. The third-order valence-electron chi connectivity index (χ3n) is 4.12. The van der Waals surface area contributed by atoms with Gasteiger partial charge in [-0.15, -0.1) is 11.6 Å². The van der Waals surface area contributed by atoms with Crippen LogP contribution in [0, 0.1) is 0 Å². The molecule has 1 aromatic carbocycles. The number of ether oxygens (including phenoxy) is 1. The highest BCUT2D eigenvalue weighted by molar-refractivity contribution is 6.17. The number of nitrogen functional groups attached to an aromatic ring is 1. The van der Waals surface area contributed by atoms with Gasteiger partial charge in [-0.2, -0.15) is 13.8 Å². The van der Waals surface area contributed by atoms with Gasteiger partial charge < -0.3 is 10.5 Å². The van der Waals surface area contributed by atoms with Crippen LogP contribution in [0.1, 0.15) is 5.56 Å². The topological polar surface area (TPSA) is 78.8 Å². The summed E-state index contributed by atoms with van der Waals surface area (Å²) >= 11 is 5.87. The Hall–Kier alpha value is -3.26. The molecule has 0 aliphatic rings. The first-order valence-corrected chi connectivity index (χ1v) is 8.80. The van der Waals surface area contributed by atoms with Crippen molar-refractivity contribution >= 4 is 28.6 Å². The number of nitrogens with zero attached hydrogens (tertiary/aromatic N) is 4. The minimum absolute atomic E-state index is 0.202. The molecule has 0 amide bonds. The molecule has 2 N–H and O–H groups in total. The summed E-state index contributed by atoms with van der Waals surface area (Å²) in [5.41, 5.74) is 9.15. The first-order chi connectivity index (χ1) is 13.6. The van der Waals surface area contributed by atoms with Gasteiger partial charge in [0.1, 0.15) is 11.3 Å². The number of anilines is 1. The van der Waals surface area contributed by atoms with Crippen LogP contribution in [0.2, 0.25) is 0 Å². The zero-order chi connectivity index (χ0) is 19.7. The molecule has 0 radical (unpaired) electrons. The molecule has 0 aliphatic carbocycles. The first kappa shape index (κ1) is 18.1. The minimum atomic E-state index is -2.97. The Morgan fingerprint density at radius 1 is 1.07 bits per heavy atom. The molecule has 0 saturated carbocycles. The molecule has 0 unspecified atom stereocenters. The van der Waals surface area contributed by atoms with E-state index < -0.39 is 6.61 Å². The SMILES string of the molecule is Nc1ncccc1-c1nc2ccc(OC(F)F)nc2n1-c1ccc(CCl)cc1. The van der Waals surface area contributed by atoms with Gasteiger partial charge >= 0.3 is 6.61 Å². The van der Waals surface area contributed by atoms with Crippen LogP contribution in [-0.2, 0) is 5.88 Å². The van der Waals surface area contributed by atoms with Crippen LogP contribution in [0.4, 0.5) is 14.6 Å². The van der Waals surface area contributed by atoms with Crippen molar-refractivity contribution in [3.63, 3.8) is 0 Å². The normalized spacial score (nSPS) is 11.3. The molecule has 0 atom stereocenters. The summed E-state index contributed by atoms with van der Waals surface area (Å²) in [7, 11) is 0. The van der Waals surface area contributed by atoms with E-state index in [4.69, 9.17) is 17.3 Å². The fourth-order valence-corrected chi connectivity index (χ4v) is 3.04. The second-order valence-electron chi connectivity index (χ2n) is 5.88. The highest BCUT2D eigenvalue weighted by Gasteiger charge is 2.19. The molecule has 4 aromatic rings. The summed E-state index contributed by atoms with van der Waals surface area (Å²) in [6, 6.07) is 13.9. The van der Waals surface area contributed by atoms with E-state index in [1.165, 1.54) is 6.07 Å². The summed E-state index contributed by atoms with van der Waals surface area (Å²) in [5.74, 6) is 0.950. The van der Waals surface area contributed by atoms with Gasteiger partial charge in [-0.25, -0.2) is 9.97 Å². The second kappa shape index (κ2) is 7.40. The number of imidazole rings is 1. The number of rotatable bonds is 5. The Labute approximate surface area is 163 Å². The predicted molar refractivity (Wildman–Crippen MR) is 103 cm³/mol. The molecule has 0 aliphatic heterocycles. The Balaban J connectivity index is 1.98. The number of nitrogens with two attached hydrogens (primary N) is 1. The third-order valence-corrected chi connectivity index (χ3v) is 4.43. The molecule has 4 rings (SSSR count). The van der Waals surface area contributed by atoms with Crippen LogP contribution in [-0.4, -0.2) is 26.1 Å². The molecular weight excluding hydrogens is 388 g/mol. The zero-order valence-electron chi connectivity index (χ0n) is 14.4. The lowest BCUT2D eigenvalue weighted by Crippen LogP contribution is -2.05. The summed E-state index contributed by atoms with van der Waals surface area (Å²) < 4.78 is 31.4. The van der Waals surface area contributed by atoms with Gasteiger partial charge in [0.25, 0.3) is 0 Å². The van der Waals surface area contributed by atoms with E-state index in [0.717, 1.165) is 11.3 Å². The molecule has 0 fully saturated rings. The molecule has 0 saturated heterocycles. The summed E-state index contributed by atoms with van der Waals surface area (Å²) in [6.45, 7) is -2.97. The largest absolute Gasteiger partial charge is 0.417 e. The van der Waals surface area contributed by atoms with Crippen LogP contribution >= 0.6 is 11.6 Å². The van der Waals surface area contributed by atoms with Crippen molar-refractivity contribution in [1.29, 1.82) is 0 Å². The maximum Gasteiger partial charge on any atom is 0.388 e. The van der Waals surface area contributed by atoms with E-state index in [1.807, 2.05) is 24.3 Å². The summed E-state index contributed by atoms with van der Waals surface area (Å²) in [4.78, 5) is 12.9. The molecular formula is C19H14ClF2N5O. The van der Waals surface area contributed by atoms with Crippen LogP contribution in [0.25, 0.3) is 28.2 Å². The average molecular weight is 402 g/mol. The lowest BCUT2D eigenvalue weighted by Gasteiger charge is -2.11. The number of hydrogen-bond donors (Lipinski definition) is 1. The van der Waals surface area contributed by atoms with Gasteiger partial charge in [0.15, 0.2) is 11.5 Å². The Kier molecular flexibility index (Phi) is 4.79. The standard InChI is InChI=1S/C19H14ClF2N5O/c20-10-11-3-5-12(6-4-11)27-17(13-2-1-9-24-16(13)23)25-14-7-8-15(26-18(14)27)28-19(21)22/h1-9,19H,10H2,(H2,23,24). The van der Waals surface area contributed by atoms with Gasteiger partial charge in [-0.05, 0) is 35.9 Å². The molecule has 3 heterocycles. The molecule has 0 spiro atoms. The van der Waals surface area contributed by atoms with Gasteiger partial charge in [-0.3, -0.25) is 4.57 Å². The molecule has 142 valence electrons. The van der Waals surface area contributed by atoms with Crippen LogP contribution < -0.4 is 10.5 Å². The maximum atomic E-state index is 12.6. The Morgan fingerprint density at radius 2 is 1.86 bits per heavy atom. The van der Waals surface area contributed by atoms with Crippen molar-refractivity contribution in [2.24, 2.45) is 0 Å². The Morgan fingerprint density at radius 3 is 2.54 bits per heavy atom. The monoisotopic (exact) mass is 401 g/mol. The van der Waals surface area contributed by atoms with E-state index >= 15 is 0 Å². The fraction of sp³-hybridized carbons (Fsp3) is 0.105. The van der Waals surface area contributed by atoms with Crippen LogP contribution in [0.5, 0.6) is 5.88 Å². The molecule has 28 heavy (non-hydrogen) atoms. The number of benzene rings is 1. The minimum Gasteiger partial charge on any atom is -0.417 e. The molecule has 0 bridgehead atoms. The van der Waals surface area contributed by atoms with Crippen molar-refractivity contribution in [3.8, 4) is 23.0 Å². The molecule has 6 nitrogen and oxygen atoms in total. The number of pyridine rings is 2. The van der Waals surface area contributed by atoms with Crippen molar-refractivity contribution in [2.75, 3.05) is 5.73 Å². The van der Waals surface area contributed by atoms with Crippen molar-refractivity contribution in [3.05, 3.63) is 60.3 Å². The quantitative estimate of drug-likeness (QED) is 0.501. The zero-order valence-corrected chi connectivity index (χ0v) is 15.1. The summed E-state index contributed by atoms with van der Waals surface area (Å²) in [6.07, 6.45) is 1.58.